The number of unbranched alkanes of at least 4 members (excludes halogenated alkanes) is 2. The fraction of sp³-hybridized carbons (Fsp3) is 0.706. The lowest BCUT2D eigenvalue weighted by Gasteiger charge is -2.28. The second kappa shape index (κ2) is 7.15. The van der Waals surface area contributed by atoms with Crippen molar-refractivity contribution in [3.8, 4) is 0 Å². The van der Waals surface area contributed by atoms with Crippen LogP contribution in [0.3, 0.4) is 0 Å². The maximum absolute atomic E-state index is 12.2. The van der Waals surface area contributed by atoms with E-state index in [1.165, 1.54) is 25.7 Å². The SMILES string of the molecule is CCCCCc1nc(N2CCCC2)nc2c1NC(=O)C(CC)N2. The highest BCUT2D eigenvalue weighted by Gasteiger charge is 2.29. The third-order valence-corrected chi connectivity index (χ3v) is 4.66. The summed E-state index contributed by atoms with van der Waals surface area (Å²) in [5, 5.41) is 6.33. The Morgan fingerprint density at radius 2 is 1.96 bits per heavy atom. The summed E-state index contributed by atoms with van der Waals surface area (Å²) in [5.74, 6) is 1.63. The Bertz CT molecular complexity index is 568. The number of nitrogens with zero attached hydrogens (tertiary/aromatic N) is 3. The Balaban J connectivity index is 1.92. The molecule has 3 rings (SSSR count). The highest BCUT2D eigenvalue weighted by Crippen LogP contribution is 2.32. The summed E-state index contributed by atoms with van der Waals surface area (Å²) >= 11 is 0. The molecule has 1 unspecified atom stereocenters. The van der Waals surface area contributed by atoms with E-state index >= 15 is 0 Å². The van der Waals surface area contributed by atoms with Crippen molar-refractivity contribution in [1.82, 2.24) is 9.97 Å². The second-order valence-electron chi connectivity index (χ2n) is 6.44. The second-order valence-corrected chi connectivity index (χ2v) is 6.44. The number of anilines is 3. The molecular formula is C17H27N5O. The van der Waals surface area contributed by atoms with Gasteiger partial charge in [-0.3, -0.25) is 4.79 Å². The van der Waals surface area contributed by atoms with Crippen LogP contribution in [-0.2, 0) is 11.2 Å². The topological polar surface area (TPSA) is 70.2 Å². The van der Waals surface area contributed by atoms with Crippen molar-refractivity contribution in [2.24, 2.45) is 0 Å². The van der Waals surface area contributed by atoms with Crippen LogP contribution in [0, 0.1) is 0 Å². The average molecular weight is 317 g/mol. The van der Waals surface area contributed by atoms with Crippen LogP contribution in [0.2, 0.25) is 0 Å². The van der Waals surface area contributed by atoms with Crippen LogP contribution in [0.15, 0.2) is 0 Å². The molecule has 3 heterocycles. The zero-order valence-corrected chi connectivity index (χ0v) is 14.2. The molecule has 6 nitrogen and oxygen atoms in total. The summed E-state index contributed by atoms with van der Waals surface area (Å²) in [6.07, 6.45) is 7.48. The zero-order valence-electron chi connectivity index (χ0n) is 14.2. The third kappa shape index (κ3) is 3.41. The van der Waals surface area contributed by atoms with E-state index < -0.39 is 0 Å². The Morgan fingerprint density at radius 3 is 2.65 bits per heavy atom. The van der Waals surface area contributed by atoms with Gasteiger partial charge in [-0.25, -0.2) is 4.98 Å². The van der Waals surface area contributed by atoms with E-state index in [1.807, 2.05) is 6.92 Å². The monoisotopic (exact) mass is 317 g/mol. The Hall–Kier alpha value is -1.85. The lowest BCUT2D eigenvalue weighted by atomic mass is 10.1. The van der Waals surface area contributed by atoms with Crippen LogP contribution in [0.4, 0.5) is 17.5 Å². The number of nitrogens with one attached hydrogen (secondary N) is 2. The standard InChI is InChI=1S/C17H27N5O/c1-3-5-6-9-13-14-15(18-12(4-2)16(23)20-14)21-17(19-13)22-10-7-8-11-22/h12H,3-11H2,1-2H3,(H,20,23)(H,18,19,21). The number of fused-ring (bicyclic) bond motifs is 1. The summed E-state index contributed by atoms with van der Waals surface area (Å²) in [7, 11) is 0. The van der Waals surface area contributed by atoms with Crippen molar-refractivity contribution in [3.63, 3.8) is 0 Å². The van der Waals surface area contributed by atoms with E-state index in [9.17, 15) is 4.79 Å². The van der Waals surface area contributed by atoms with Gasteiger partial charge in [-0.15, -0.1) is 0 Å². The number of aryl methyl sites for hydroxylation is 1. The molecule has 1 atom stereocenters. The molecule has 2 aliphatic heterocycles. The maximum Gasteiger partial charge on any atom is 0.247 e. The highest BCUT2D eigenvalue weighted by atomic mass is 16.2. The van der Waals surface area contributed by atoms with Crippen molar-refractivity contribution in [1.29, 1.82) is 0 Å². The fourth-order valence-corrected chi connectivity index (χ4v) is 3.24. The average Bonchev–Trinajstić information content (AvgIpc) is 3.09. The fourth-order valence-electron chi connectivity index (χ4n) is 3.24. The predicted octanol–water partition coefficient (Wildman–Crippen LogP) is 2.95. The Kier molecular flexibility index (Phi) is 4.98. The van der Waals surface area contributed by atoms with Gasteiger partial charge < -0.3 is 15.5 Å². The van der Waals surface area contributed by atoms with Gasteiger partial charge >= 0.3 is 0 Å². The van der Waals surface area contributed by atoms with Crippen LogP contribution in [0.25, 0.3) is 0 Å². The molecule has 1 aromatic heterocycles. The number of aromatic nitrogens is 2. The molecule has 2 N–H and O–H groups in total. The van der Waals surface area contributed by atoms with Crippen molar-refractivity contribution in [2.75, 3.05) is 28.6 Å². The molecule has 0 radical (unpaired) electrons. The summed E-state index contributed by atoms with van der Waals surface area (Å²) in [6, 6.07) is -0.202. The molecule has 0 saturated carbocycles. The zero-order chi connectivity index (χ0) is 16.2. The first-order valence-electron chi connectivity index (χ1n) is 8.96. The number of carbonyl (C=O) groups excluding carboxylic acids is 1. The lowest BCUT2D eigenvalue weighted by molar-refractivity contribution is -0.117. The largest absolute Gasteiger partial charge is 0.356 e. The van der Waals surface area contributed by atoms with Crippen LogP contribution in [0.5, 0.6) is 0 Å². The molecule has 0 bridgehead atoms. The van der Waals surface area contributed by atoms with Crippen LogP contribution < -0.4 is 15.5 Å². The van der Waals surface area contributed by atoms with Gasteiger partial charge in [0.1, 0.15) is 11.7 Å². The molecule has 1 saturated heterocycles. The van der Waals surface area contributed by atoms with Gasteiger partial charge in [0.25, 0.3) is 0 Å². The minimum atomic E-state index is -0.202. The van der Waals surface area contributed by atoms with Gasteiger partial charge in [0, 0.05) is 13.1 Å². The van der Waals surface area contributed by atoms with Crippen molar-refractivity contribution in [3.05, 3.63) is 5.69 Å². The highest BCUT2D eigenvalue weighted by molar-refractivity contribution is 6.02. The van der Waals surface area contributed by atoms with E-state index in [1.54, 1.807) is 0 Å². The molecule has 23 heavy (non-hydrogen) atoms. The smallest absolute Gasteiger partial charge is 0.247 e. The third-order valence-electron chi connectivity index (χ3n) is 4.66. The normalized spacial score (nSPS) is 20.2. The Labute approximate surface area is 138 Å². The van der Waals surface area contributed by atoms with Gasteiger partial charge in [0.05, 0.1) is 5.69 Å². The van der Waals surface area contributed by atoms with E-state index in [0.29, 0.717) is 0 Å². The molecule has 0 spiro atoms. The van der Waals surface area contributed by atoms with Crippen LogP contribution in [-0.4, -0.2) is 35.0 Å². The molecule has 1 fully saturated rings. The van der Waals surface area contributed by atoms with Gasteiger partial charge in [-0.1, -0.05) is 26.7 Å². The maximum atomic E-state index is 12.2. The minimum Gasteiger partial charge on any atom is -0.356 e. The number of amides is 1. The van der Waals surface area contributed by atoms with E-state index in [-0.39, 0.29) is 11.9 Å². The van der Waals surface area contributed by atoms with Gasteiger partial charge in [-0.05, 0) is 32.1 Å². The van der Waals surface area contributed by atoms with Crippen LogP contribution >= 0.6 is 0 Å². The van der Waals surface area contributed by atoms with Crippen molar-refractivity contribution in [2.45, 2.75) is 64.8 Å². The molecule has 0 aliphatic carbocycles. The van der Waals surface area contributed by atoms with Gasteiger partial charge in [0.15, 0.2) is 5.82 Å². The number of rotatable bonds is 6. The van der Waals surface area contributed by atoms with E-state index in [0.717, 1.165) is 55.5 Å². The summed E-state index contributed by atoms with van der Waals surface area (Å²) in [4.78, 5) is 23.9. The predicted molar refractivity (Wildman–Crippen MR) is 93.0 cm³/mol. The van der Waals surface area contributed by atoms with E-state index in [4.69, 9.17) is 9.97 Å². The van der Waals surface area contributed by atoms with Gasteiger partial charge in [0.2, 0.25) is 11.9 Å². The van der Waals surface area contributed by atoms with Crippen molar-refractivity contribution >= 4 is 23.4 Å². The Morgan fingerprint density at radius 1 is 1.17 bits per heavy atom. The summed E-state index contributed by atoms with van der Waals surface area (Å²) in [6.45, 7) is 6.25. The van der Waals surface area contributed by atoms with Crippen molar-refractivity contribution < 1.29 is 4.79 Å². The molecule has 0 aromatic carbocycles. The first-order valence-corrected chi connectivity index (χ1v) is 8.96. The molecule has 2 aliphatic rings. The van der Waals surface area contributed by atoms with E-state index in [2.05, 4.69) is 22.5 Å². The minimum absolute atomic E-state index is 0.0225. The first-order chi connectivity index (χ1) is 11.2. The first kappa shape index (κ1) is 16.0. The summed E-state index contributed by atoms with van der Waals surface area (Å²) < 4.78 is 0. The van der Waals surface area contributed by atoms with Gasteiger partial charge in [-0.2, -0.15) is 4.98 Å². The molecule has 6 heteroatoms. The summed E-state index contributed by atoms with van der Waals surface area (Å²) in [5.41, 5.74) is 1.76. The number of hydrogen-bond acceptors (Lipinski definition) is 5. The molecule has 126 valence electrons. The number of carbonyl (C=O) groups is 1. The molecular weight excluding hydrogens is 290 g/mol. The number of hydrogen-bond donors (Lipinski definition) is 2. The quantitative estimate of drug-likeness (QED) is 0.789. The lowest BCUT2D eigenvalue weighted by Crippen LogP contribution is -2.39. The molecule has 1 aromatic rings. The molecule has 1 amide bonds. The van der Waals surface area contributed by atoms with Crippen LogP contribution in [0.1, 0.15) is 58.1 Å².